The van der Waals surface area contributed by atoms with E-state index in [1.807, 2.05) is 38.1 Å². The Morgan fingerprint density at radius 2 is 1.14 bits per heavy atom. The van der Waals surface area contributed by atoms with Crippen molar-refractivity contribution in [2.24, 2.45) is 0 Å². The van der Waals surface area contributed by atoms with Gasteiger partial charge < -0.3 is 13.4 Å². The van der Waals surface area contributed by atoms with Crippen molar-refractivity contribution in [2.75, 3.05) is 0 Å². The Morgan fingerprint density at radius 1 is 0.524 bits per heavy atom. The molecule has 0 aliphatic carbocycles. The van der Waals surface area contributed by atoms with E-state index in [4.69, 9.17) is 8.83 Å². The van der Waals surface area contributed by atoms with Crippen molar-refractivity contribution in [1.82, 2.24) is 4.57 Å². The normalized spacial score (nSPS) is 11.7. The molecule has 0 spiro atoms. The van der Waals surface area contributed by atoms with Crippen LogP contribution in [0.5, 0.6) is 0 Å². The van der Waals surface area contributed by atoms with Crippen molar-refractivity contribution in [3.63, 3.8) is 0 Å². The van der Waals surface area contributed by atoms with Gasteiger partial charge in [-0.05, 0) is 60.2 Å². The van der Waals surface area contributed by atoms with Crippen LogP contribution in [0.3, 0.4) is 0 Å². The molecular weight excluding hydrogens is 582 g/mol. The van der Waals surface area contributed by atoms with Crippen molar-refractivity contribution in [3.8, 4) is 16.8 Å². The Morgan fingerprint density at radius 3 is 1.88 bits per heavy atom. The number of nitrogens with zero attached hydrogens (tertiary/aromatic N) is 1. The van der Waals surface area contributed by atoms with Crippen molar-refractivity contribution in [1.29, 1.82) is 0 Å². The molecule has 3 nitrogen and oxygen atoms in total. The molecule has 0 unspecified atom stereocenters. The summed E-state index contributed by atoms with van der Waals surface area (Å²) in [6, 6.07) is 42.5. The number of benzene rings is 6. The number of hydrogen-bond acceptors (Lipinski definition) is 2. The average Bonchev–Trinajstić information content (AvgIpc) is 3.71. The SMILES string of the molecule is Brc1ccc2c(c1)c1c3oc4ccccc4c3ccc1n2-c1ccc(-c2cccc3c2oc2ccccc23)cc1.CC. The van der Waals surface area contributed by atoms with E-state index >= 15 is 0 Å². The minimum atomic E-state index is 0.907. The Labute approximate surface area is 250 Å². The van der Waals surface area contributed by atoms with Crippen molar-refractivity contribution in [3.05, 3.63) is 126 Å². The monoisotopic (exact) mass is 607 g/mol. The van der Waals surface area contributed by atoms with Crippen LogP contribution in [0.4, 0.5) is 0 Å². The molecule has 9 aromatic rings. The largest absolute Gasteiger partial charge is 0.455 e. The first-order chi connectivity index (χ1) is 20.7. The van der Waals surface area contributed by atoms with E-state index < -0.39 is 0 Å². The van der Waals surface area contributed by atoms with Crippen LogP contribution in [0.2, 0.25) is 0 Å². The second kappa shape index (κ2) is 9.64. The van der Waals surface area contributed by atoms with E-state index in [1.165, 1.54) is 0 Å². The van der Waals surface area contributed by atoms with Crippen LogP contribution in [-0.2, 0) is 0 Å². The van der Waals surface area contributed by atoms with Gasteiger partial charge in [0.2, 0.25) is 0 Å². The molecule has 0 bridgehead atoms. The molecule has 0 saturated carbocycles. The Hall–Kier alpha value is -4.80. The zero-order valence-corrected chi connectivity index (χ0v) is 24.8. The third-order valence-electron chi connectivity index (χ3n) is 8.08. The maximum Gasteiger partial charge on any atom is 0.145 e. The predicted octanol–water partition coefficient (Wildman–Crippen LogP) is 12.0. The number of para-hydroxylation sites is 3. The zero-order chi connectivity index (χ0) is 28.4. The van der Waals surface area contributed by atoms with Gasteiger partial charge in [0.1, 0.15) is 22.3 Å². The summed E-state index contributed by atoms with van der Waals surface area (Å²) in [5.74, 6) is 0. The zero-order valence-electron chi connectivity index (χ0n) is 23.2. The lowest BCUT2D eigenvalue weighted by Gasteiger charge is -2.10. The maximum absolute atomic E-state index is 6.47. The summed E-state index contributed by atoms with van der Waals surface area (Å²) in [5.41, 5.74) is 9.23. The third-order valence-corrected chi connectivity index (χ3v) is 8.57. The number of hydrogen-bond donors (Lipinski definition) is 0. The lowest BCUT2D eigenvalue weighted by Crippen LogP contribution is -1.93. The first-order valence-corrected chi connectivity index (χ1v) is 15.1. The number of furan rings is 2. The fourth-order valence-electron chi connectivity index (χ4n) is 6.30. The summed E-state index contributed by atoms with van der Waals surface area (Å²) < 4.78 is 16.2. The molecule has 0 aliphatic heterocycles. The molecule has 0 saturated heterocycles. The van der Waals surface area contributed by atoms with Crippen LogP contribution >= 0.6 is 15.9 Å². The van der Waals surface area contributed by atoms with Gasteiger partial charge in [-0.15, -0.1) is 0 Å². The molecule has 9 rings (SSSR count). The van der Waals surface area contributed by atoms with E-state index in [0.29, 0.717) is 0 Å². The predicted molar refractivity (Wildman–Crippen MR) is 180 cm³/mol. The number of halogens is 1. The van der Waals surface area contributed by atoms with Gasteiger partial charge in [-0.1, -0.05) is 96.5 Å². The topological polar surface area (TPSA) is 31.2 Å². The van der Waals surface area contributed by atoms with Gasteiger partial charge in [-0.25, -0.2) is 0 Å². The Bertz CT molecular complexity index is 2440. The lowest BCUT2D eigenvalue weighted by atomic mass is 10.0. The van der Waals surface area contributed by atoms with Gasteiger partial charge in [-0.2, -0.15) is 0 Å². The highest BCUT2D eigenvalue weighted by atomic mass is 79.9. The van der Waals surface area contributed by atoms with Gasteiger partial charge in [0.25, 0.3) is 0 Å². The molecule has 42 heavy (non-hydrogen) atoms. The molecule has 0 atom stereocenters. The Kier molecular flexibility index (Phi) is 5.73. The summed E-state index contributed by atoms with van der Waals surface area (Å²) in [6.45, 7) is 4.00. The van der Waals surface area contributed by atoms with Crippen LogP contribution in [0, 0.1) is 0 Å². The van der Waals surface area contributed by atoms with E-state index in [2.05, 4.69) is 118 Å². The van der Waals surface area contributed by atoms with Crippen LogP contribution in [-0.4, -0.2) is 4.57 Å². The molecule has 0 fully saturated rings. The van der Waals surface area contributed by atoms with Gasteiger partial charge >= 0.3 is 0 Å². The number of fused-ring (bicyclic) bond motifs is 10. The highest BCUT2D eigenvalue weighted by Gasteiger charge is 2.19. The van der Waals surface area contributed by atoms with Crippen molar-refractivity contribution in [2.45, 2.75) is 13.8 Å². The van der Waals surface area contributed by atoms with Crippen molar-refractivity contribution >= 4 is 81.6 Å². The van der Waals surface area contributed by atoms with E-state index in [0.717, 1.165) is 87.0 Å². The average molecular weight is 609 g/mol. The highest BCUT2D eigenvalue weighted by Crippen LogP contribution is 2.42. The summed E-state index contributed by atoms with van der Waals surface area (Å²) in [5, 5.41) is 6.84. The van der Waals surface area contributed by atoms with Crippen molar-refractivity contribution < 1.29 is 8.83 Å². The summed E-state index contributed by atoms with van der Waals surface area (Å²) in [4.78, 5) is 0. The number of aromatic nitrogens is 1. The van der Waals surface area contributed by atoms with Gasteiger partial charge in [-0.3, -0.25) is 0 Å². The first kappa shape index (κ1) is 25.0. The molecule has 0 amide bonds. The second-order valence-electron chi connectivity index (χ2n) is 10.3. The molecule has 4 heteroatoms. The fourth-order valence-corrected chi connectivity index (χ4v) is 6.66. The lowest BCUT2D eigenvalue weighted by molar-refractivity contribution is 0.670. The summed E-state index contributed by atoms with van der Waals surface area (Å²) >= 11 is 3.70. The van der Waals surface area contributed by atoms with Gasteiger partial charge in [0.15, 0.2) is 0 Å². The maximum atomic E-state index is 6.47. The summed E-state index contributed by atoms with van der Waals surface area (Å²) in [6.07, 6.45) is 0. The van der Waals surface area contributed by atoms with E-state index in [1.54, 1.807) is 0 Å². The quantitative estimate of drug-likeness (QED) is 0.196. The molecule has 3 aromatic heterocycles. The molecule has 0 aliphatic rings. The van der Waals surface area contributed by atoms with Crippen LogP contribution in [0.15, 0.2) is 135 Å². The molecule has 0 N–H and O–H groups in total. The molecule has 3 heterocycles. The molecule has 6 aromatic carbocycles. The first-order valence-electron chi connectivity index (χ1n) is 14.3. The molecule has 0 radical (unpaired) electrons. The highest BCUT2D eigenvalue weighted by molar-refractivity contribution is 9.10. The minimum Gasteiger partial charge on any atom is -0.455 e. The minimum absolute atomic E-state index is 0.907. The summed E-state index contributed by atoms with van der Waals surface area (Å²) in [7, 11) is 0. The second-order valence-corrected chi connectivity index (χ2v) is 11.2. The molecular formula is C38H26BrNO2. The Balaban J connectivity index is 0.00000131. The smallest absolute Gasteiger partial charge is 0.145 e. The van der Waals surface area contributed by atoms with Crippen LogP contribution in [0.25, 0.3) is 82.5 Å². The third kappa shape index (κ3) is 3.58. The molecule has 202 valence electrons. The standard InChI is InChI=1S/C36H20BrNO2.C2H6/c37-22-14-18-30-29(20-22)34-31(19-17-28-26-7-2-4-11-33(26)40-36(28)34)38(30)23-15-12-21(13-16-23)24-8-5-9-27-25-6-1-3-10-32(25)39-35(24)27;1-2/h1-20H;1-2H3. The van der Waals surface area contributed by atoms with Crippen LogP contribution < -0.4 is 0 Å². The number of rotatable bonds is 2. The van der Waals surface area contributed by atoms with Gasteiger partial charge in [0, 0.05) is 42.7 Å². The van der Waals surface area contributed by atoms with Crippen LogP contribution in [0.1, 0.15) is 13.8 Å². The van der Waals surface area contributed by atoms with Gasteiger partial charge in [0.05, 0.1) is 16.4 Å². The van der Waals surface area contributed by atoms with E-state index in [9.17, 15) is 0 Å². The fraction of sp³-hybridized carbons (Fsp3) is 0.0526. The van der Waals surface area contributed by atoms with E-state index in [-0.39, 0.29) is 0 Å².